The number of aliphatic hydroxyl groups is 1. The largest absolute Gasteiger partial charge is 0.497 e. The summed E-state index contributed by atoms with van der Waals surface area (Å²) in [5, 5.41) is 10.4. The molecule has 0 spiro atoms. The first-order chi connectivity index (χ1) is 13.6. The van der Waals surface area contributed by atoms with E-state index < -0.39 is 0 Å². The van der Waals surface area contributed by atoms with Crippen LogP contribution in [-0.2, 0) is 12.8 Å². The molecule has 28 heavy (non-hydrogen) atoms. The third-order valence-corrected chi connectivity index (χ3v) is 6.44. The number of benzene rings is 2. The van der Waals surface area contributed by atoms with Gasteiger partial charge in [-0.25, -0.2) is 0 Å². The fourth-order valence-corrected chi connectivity index (χ4v) is 4.96. The molecule has 0 unspecified atom stereocenters. The molecule has 0 bridgehead atoms. The van der Waals surface area contributed by atoms with Crippen LogP contribution in [0.4, 0.5) is 0 Å². The number of methoxy groups -OCH3 is 1. The second-order valence-electron chi connectivity index (χ2n) is 8.53. The number of aryl methyl sites for hydroxylation is 1. The van der Waals surface area contributed by atoms with Gasteiger partial charge in [-0.05, 0) is 78.3 Å². The van der Waals surface area contributed by atoms with Crippen molar-refractivity contribution in [1.82, 2.24) is 0 Å². The standard InChI is InChI=1S/C26H30O2/c1-26-14-13-21(15-19-7-4-3-5-8-19)24(25(26)17-22(27)18-26)12-11-20-9-6-10-23(16-20)28-2/h3-10,13,16,22,27H,11-12,14-15,17-18H2,1-2H3/t22-,26-/m0/s1. The lowest BCUT2D eigenvalue weighted by molar-refractivity contribution is 0.164. The molecule has 0 saturated heterocycles. The summed E-state index contributed by atoms with van der Waals surface area (Å²) in [4.78, 5) is 0. The fourth-order valence-electron chi connectivity index (χ4n) is 4.96. The maximum absolute atomic E-state index is 10.4. The molecule has 2 aliphatic rings. The highest BCUT2D eigenvalue weighted by Gasteiger charge is 2.41. The Balaban J connectivity index is 1.62. The second-order valence-corrected chi connectivity index (χ2v) is 8.53. The van der Waals surface area contributed by atoms with Crippen molar-refractivity contribution in [3.05, 3.63) is 88.5 Å². The van der Waals surface area contributed by atoms with Crippen molar-refractivity contribution < 1.29 is 9.84 Å². The summed E-state index contributed by atoms with van der Waals surface area (Å²) in [5.41, 5.74) is 7.22. The highest BCUT2D eigenvalue weighted by Crippen LogP contribution is 2.52. The quantitative estimate of drug-likeness (QED) is 0.707. The summed E-state index contributed by atoms with van der Waals surface area (Å²) in [5.74, 6) is 0.917. The molecule has 2 aliphatic carbocycles. The van der Waals surface area contributed by atoms with Gasteiger partial charge in [0, 0.05) is 0 Å². The van der Waals surface area contributed by atoms with E-state index in [2.05, 4.69) is 61.5 Å². The van der Waals surface area contributed by atoms with Gasteiger partial charge in [-0.3, -0.25) is 0 Å². The number of hydrogen-bond donors (Lipinski definition) is 1. The minimum atomic E-state index is -0.198. The van der Waals surface area contributed by atoms with Gasteiger partial charge in [-0.2, -0.15) is 0 Å². The molecule has 0 radical (unpaired) electrons. The lowest BCUT2D eigenvalue weighted by Crippen LogP contribution is -2.20. The zero-order valence-electron chi connectivity index (χ0n) is 16.9. The Labute approximate surface area is 168 Å². The SMILES string of the molecule is COc1cccc(CCC2=C3C[C@H](O)C[C@]3(C)CC=C2Cc2ccccc2)c1. The Bertz CT molecular complexity index is 894. The molecule has 1 fully saturated rings. The normalized spacial score (nSPS) is 24.1. The Kier molecular flexibility index (Phi) is 5.41. The molecule has 0 amide bonds. The van der Waals surface area contributed by atoms with Crippen LogP contribution in [0.1, 0.15) is 43.7 Å². The number of ether oxygens (including phenoxy) is 1. The molecule has 2 nitrogen and oxygen atoms in total. The smallest absolute Gasteiger partial charge is 0.119 e. The second kappa shape index (κ2) is 7.97. The molecule has 2 aromatic carbocycles. The van der Waals surface area contributed by atoms with Gasteiger partial charge in [0.2, 0.25) is 0 Å². The zero-order valence-corrected chi connectivity index (χ0v) is 16.9. The van der Waals surface area contributed by atoms with E-state index in [-0.39, 0.29) is 11.5 Å². The van der Waals surface area contributed by atoms with Crippen molar-refractivity contribution in [2.45, 2.75) is 51.6 Å². The summed E-state index contributed by atoms with van der Waals surface area (Å²) in [6.45, 7) is 2.33. The van der Waals surface area contributed by atoms with Crippen LogP contribution in [-0.4, -0.2) is 18.3 Å². The van der Waals surface area contributed by atoms with E-state index in [1.54, 1.807) is 7.11 Å². The van der Waals surface area contributed by atoms with Crippen LogP contribution in [0, 0.1) is 5.41 Å². The highest BCUT2D eigenvalue weighted by atomic mass is 16.5. The molecule has 1 saturated carbocycles. The number of aliphatic hydroxyl groups excluding tert-OH is 1. The first-order valence-corrected chi connectivity index (χ1v) is 10.3. The van der Waals surface area contributed by atoms with Crippen LogP contribution in [0.2, 0.25) is 0 Å². The van der Waals surface area contributed by atoms with Crippen molar-refractivity contribution in [1.29, 1.82) is 0 Å². The Morgan fingerprint density at radius 2 is 1.82 bits per heavy atom. The number of hydrogen-bond acceptors (Lipinski definition) is 2. The average molecular weight is 375 g/mol. The first-order valence-electron chi connectivity index (χ1n) is 10.3. The van der Waals surface area contributed by atoms with Gasteiger partial charge >= 0.3 is 0 Å². The van der Waals surface area contributed by atoms with Gasteiger partial charge in [-0.15, -0.1) is 0 Å². The third kappa shape index (κ3) is 3.93. The molecule has 0 heterocycles. The molecule has 4 rings (SSSR count). The van der Waals surface area contributed by atoms with E-state index in [9.17, 15) is 5.11 Å². The van der Waals surface area contributed by atoms with Gasteiger partial charge < -0.3 is 9.84 Å². The van der Waals surface area contributed by atoms with Crippen molar-refractivity contribution in [3.8, 4) is 5.75 Å². The van der Waals surface area contributed by atoms with Crippen LogP contribution in [0.3, 0.4) is 0 Å². The first kappa shape index (κ1) is 19.0. The van der Waals surface area contributed by atoms with E-state index in [0.29, 0.717) is 0 Å². The molecular formula is C26H30O2. The fraction of sp³-hybridized carbons (Fsp3) is 0.385. The summed E-state index contributed by atoms with van der Waals surface area (Å²) < 4.78 is 5.39. The van der Waals surface area contributed by atoms with E-state index in [0.717, 1.165) is 44.3 Å². The predicted octanol–water partition coefficient (Wildman–Crippen LogP) is 5.66. The zero-order chi connectivity index (χ0) is 19.6. The Morgan fingerprint density at radius 1 is 1.04 bits per heavy atom. The van der Waals surface area contributed by atoms with Crippen molar-refractivity contribution >= 4 is 0 Å². The van der Waals surface area contributed by atoms with Crippen LogP contribution < -0.4 is 4.74 Å². The van der Waals surface area contributed by atoms with E-state index in [1.807, 2.05) is 6.07 Å². The topological polar surface area (TPSA) is 29.5 Å². The molecule has 2 atom stereocenters. The molecule has 2 heteroatoms. The van der Waals surface area contributed by atoms with Crippen molar-refractivity contribution in [3.63, 3.8) is 0 Å². The molecule has 1 N–H and O–H groups in total. The lowest BCUT2D eigenvalue weighted by atomic mass is 9.71. The maximum Gasteiger partial charge on any atom is 0.119 e. The predicted molar refractivity (Wildman–Crippen MR) is 115 cm³/mol. The highest BCUT2D eigenvalue weighted by molar-refractivity contribution is 5.47. The summed E-state index contributed by atoms with van der Waals surface area (Å²) in [6.07, 6.45) is 7.99. The summed E-state index contributed by atoms with van der Waals surface area (Å²) in [7, 11) is 1.72. The molecular weight excluding hydrogens is 344 g/mol. The van der Waals surface area contributed by atoms with Gasteiger partial charge in [-0.1, -0.05) is 61.0 Å². The van der Waals surface area contributed by atoms with Crippen LogP contribution >= 0.6 is 0 Å². The summed E-state index contributed by atoms with van der Waals surface area (Å²) in [6, 6.07) is 19.1. The van der Waals surface area contributed by atoms with E-state index in [4.69, 9.17) is 4.74 Å². The van der Waals surface area contributed by atoms with Gasteiger partial charge in [0.1, 0.15) is 5.75 Å². The Hall–Kier alpha value is -2.32. The molecule has 146 valence electrons. The number of fused-ring (bicyclic) bond motifs is 1. The van der Waals surface area contributed by atoms with Crippen molar-refractivity contribution in [2.75, 3.05) is 7.11 Å². The monoisotopic (exact) mass is 374 g/mol. The maximum atomic E-state index is 10.4. The number of rotatable bonds is 6. The molecule has 2 aromatic rings. The van der Waals surface area contributed by atoms with Gasteiger partial charge in [0.05, 0.1) is 13.2 Å². The molecule has 0 aromatic heterocycles. The molecule has 0 aliphatic heterocycles. The van der Waals surface area contributed by atoms with E-state index in [1.165, 1.54) is 27.8 Å². The minimum Gasteiger partial charge on any atom is -0.497 e. The van der Waals surface area contributed by atoms with E-state index >= 15 is 0 Å². The van der Waals surface area contributed by atoms with Crippen LogP contribution in [0.15, 0.2) is 77.4 Å². The average Bonchev–Trinajstić information content (AvgIpc) is 3.02. The third-order valence-electron chi connectivity index (χ3n) is 6.44. The lowest BCUT2D eigenvalue weighted by Gasteiger charge is -2.33. The summed E-state index contributed by atoms with van der Waals surface area (Å²) >= 11 is 0. The number of allylic oxidation sites excluding steroid dienone is 3. The van der Waals surface area contributed by atoms with Gasteiger partial charge in [0.15, 0.2) is 0 Å². The van der Waals surface area contributed by atoms with Gasteiger partial charge in [0.25, 0.3) is 0 Å². The Morgan fingerprint density at radius 3 is 2.61 bits per heavy atom. The minimum absolute atomic E-state index is 0.128. The van der Waals surface area contributed by atoms with Crippen LogP contribution in [0.5, 0.6) is 5.75 Å². The van der Waals surface area contributed by atoms with Crippen molar-refractivity contribution in [2.24, 2.45) is 5.41 Å². The van der Waals surface area contributed by atoms with Crippen LogP contribution in [0.25, 0.3) is 0 Å².